The molecule has 1 aromatic carbocycles. The Balaban J connectivity index is 1.94. The SMILES string of the molecule is O=C(Oc1ncccc1-c1nnc(-c2cccc(Br)c2)o1)C(F)(F)F. The molecule has 0 radical (unpaired) electrons. The van der Waals surface area contributed by atoms with Crippen molar-refractivity contribution in [2.24, 2.45) is 0 Å². The number of aromatic nitrogens is 3. The van der Waals surface area contributed by atoms with E-state index >= 15 is 0 Å². The van der Waals surface area contributed by atoms with Crippen LogP contribution in [0.15, 0.2) is 51.5 Å². The highest BCUT2D eigenvalue weighted by Gasteiger charge is 2.42. The predicted molar refractivity (Wildman–Crippen MR) is 82.4 cm³/mol. The smallest absolute Gasteiger partial charge is 0.416 e. The number of benzene rings is 1. The van der Waals surface area contributed by atoms with Gasteiger partial charge < -0.3 is 9.15 Å². The summed E-state index contributed by atoms with van der Waals surface area (Å²) in [6.45, 7) is 0. The van der Waals surface area contributed by atoms with Crippen molar-refractivity contribution < 1.29 is 27.1 Å². The summed E-state index contributed by atoms with van der Waals surface area (Å²) >= 11 is 3.30. The molecule has 3 aromatic rings. The van der Waals surface area contributed by atoms with Crippen molar-refractivity contribution in [3.05, 3.63) is 47.1 Å². The predicted octanol–water partition coefficient (Wildman–Crippen LogP) is 4.03. The summed E-state index contributed by atoms with van der Waals surface area (Å²) < 4.78 is 47.7. The summed E-state index contributed by atoms with van der Waals surface area (Å²) in [5, 5.41) is 7.62. The average molecular weight is 414 g/mol. The Morgan fingerprint density at radius 2 is 1.88 bits per heavy atom. The molecule has 0 N–H and O–H groups in total. The van der Waals surface area contributed by atoms with Gasteiger partial charge in [-0.2, -0.15) is 13.2 Å². The van der Waals surface area contributed by atoms with Crippen molar-refractivity contribution in [3.8, 4) is 28.8 Å². The number of carbonyl (C=O) groups excluding carboxylic acids is 1. The average Bonchev–Trinajstić information content (AvgIpc) is 3.04. The van der Waals surface area contributed by atoms with Crippen LogP contribution in [0.3, 0.4) is 0 Å². The van der Waals surface area contributed by atoms with E-state index in [1.54, 1.807) is 24.3 Å². The van der Waals surface area contributed by atoms with Gasteiger partial charge in [-0.25, -0.2) is 9.78 Å². The van der Waals surface area contributed by atoms with E-state index in [1.165, 1.54) is 18.3 Å². The molecule has 0 saturated heterocycles. The minimum atomic E-state index is -5.15. The van der Waals surface area contributed by atoms with Crippen molar-refractivity contribution in [3.63, 3.8) is 0 Å². The number of nitrogens with zero attached hydrogens (tertiary/aromatic N) is 3. The van der Waals surface area contributed by atoms with E-state index in [9.17, 15) is 18.0 Å². The lowest BCUT2D eigenvalue weighted by molar-refractivity contribution is -0.189. The molecule has 0 saturated carbocycles. The highest BCUT2D eigenvalue weighted by molar-refractivity contribution is 9.10. The molecule has 2 aromatic heterocycles. The van der Waals surface area contributed by atoms with E-state index in [4.69, 9.17) is 4.42 Å². The van der Waals surface area contributed by atoms with E-state index in [2.05, 4.69) is 35.8 Å². The minimum Gasteiger partial charge on any atom is -0.416 e. The van der Waals surface area contributed by atoms with Crippen molar-refractivity contribution in [1.82, 2.24) is 15.2 Å². The van der Waals surface area contributed by atoms with Crippen molar-refractivity contribution in [2.45, 2.75) is 6.18 Å². The number of hydrogen-bond acceptors (Lipinski definition) is 6. The largest absolute Gasteiger partial charge is 0.491 e. The summed E-state index contributed by atoms with van der Waals surface area (Å²) in [5.74, 6) is -2.95. The zero-order valence-electron chi connectivity index (χ0n) is 12.1. The molecule has 2 heterocycles. The number of esters is 1. The number of halogens is 4. The molecule has 0 fully saturated rings. The maximum absolute atomic E-state index is 12.4. The van der Waals surface area contributed by atoms with Crippen LogP contribution >= 0.6 is 15.9 Å². The molecule has 0 atom stereocenters. The second-order valence-corrected chi connectivity index (χ2v) is 5.58. The maximum atomic E-state index is 12.4. The third-order valence-electron chi connectivity index (χ3n) is 2.92. The fourth-order valence-electron chi connectivity index (χ4n) is 1.85. The maximum Gasteiger partial charge on any atom is 0.491 e. The third-order valence-corrected chi connectivity index (χ3v) is 3.41. The van der Waals surface area contributed by atoms with Crippen LogP contribution in [0.1, 0.15) is 0 Å². The second kappa shape index (κ2) is 6.63. The normalized spacial score (nSPS) is 11.4. The van der Waals surface area contributed by atoms with Gasteiger partial charge in [-0.15, -0.1) is 10.2 Å². The quantitative estimate of drug-likeness (QED) is 0.603. The van der Waals surface area contributed by atoms with Crippen LogP contribution in [0.5, 0.6) is 5.88 Å². The lowest BCUT2D eigenvalue weighted by atomic mass is 10.2. The molecule has 0 bridgehead atoms. The molecular weight excluding hydrogens is 407 g/mol. The Labute approximate surface area is 146 Å². The van der Waals surface area contributed by atoms with Crippen molar-refractivity contribution in [1.29, 1.82) is 0 Å². The van der Waals surface area contributed by atoms with Gasteiger partial charge in [0.25, 0.3) is 5.89 Å². The molecule has 0 amide bonds. The van der Waals surface area contributed by atoms with Gasteiger partial charge in [0.2, 0.25) is 11.8 Å². The standard InChI is InChI=1S/C15H7BrF3N3O3/c16-9-4-1-3-8(7-9)11-21-22-13(24-11)10-5-2-6-20-12(10)25-14(23)15(17,18)19/h1-7H. The molecule has 0 aliphatic heterocycles. The van der Waals surface area contributed by atoms with Crippen LogP contribution in [0.4, 0.5) is 13.2 Å². The zero-order chi connectivity index (χ0) is 18.0. The van der Waals surface area contributed by atoms with Crippen molar-refractivity contribution in [2.75, 3.05) is 0 Å². The van der Waals surface area contributed by atoms with Gasteiger partial charge in [0.1, 0.15) is 5.56 Å². The minimum absolute atomic E-state index is 0.0335. The first-order valence-electron chi connectivity index (χ1n) is 6.68. The Morgan fingerprint density at radius 1 is 1.12 bits per heavy atom. The zero-order valence-corrected chi connectivity index (χ0v) is 13.7. The summed E-state index contributed by atoms with van der Waals surface area (Å²) in [5.41, 5.74) is 0.569. The lowest BCUT2D eigenvalue weighted by Gasteiger charge is -2.07. The van der Waals surface area contributed by atoms with Crippen LogP contribution < -0.4 is 4.74 Å². The molecule has 3 rings (SSSR count). The number of carbonyl (C=O) groups is 1. The van der Waals surface area contributed by atoms with E-state index in [1.807, 2.05) is 0 Å². The molecule has 0 aliphatic carbocycles. The number of rotatable bonds is 3. The van der Waals surface area contributed by atoms with E-state index < -0.39 is 18.0 Å². The molecule has 0 aliphatic rings. The van der Waals surface area contributed by atoms with Crippen LogP contribution in [0.25, 0.3) is 22.9 Å². The summed E-state index contributed by atoms with van der Waals surface area (Å²) in [7, 11) is 0. The summed E-state index contributed by atoms with van der Waals surface area (Å²) in [6.07, 6.45) is -3.97. The Morgan fingerprint density at radius 3 is 2.60 bits per heavy atom. The summed E-state index contributed by atoms with van der Waals surface area (Å²) in [6, 6.07) is 9.79. The second-order valence-electron chi connectivity index (χ2n) is 4.67. The first kappa shape index (κ1) is 17.1. The molecule has 0 unspecified atom stereocenters. The first-order chi connectivity index (χ1) is 11.8. The molecule has 128 valence electrons. The summed E-state index contributed by atoms with van der Waals surface area (Å²) in [4.78, 5) is 14.6. The van der Waals surface area contributed by atoms with Gasteiger partial charge in [-0.3, -0.25) is 0 Å². The number of alkyl halides is 3. The monoisotopic (exact) mass is 413 g/mol. The highest BCUT2D eigenvalue weighted by atomic mass is 79.9. The fourth-order valence-corrected chi connectivity index (χ4v) is 2.25. The van der Waals surface area contributed by atoms with Gasteiger partial charge in [0, 0.05) is 16.2 Å². The Hall–Kier alpha value is -2.75. The Bertz CT molecular complexity index is 927. The lowest BCUT2D eigenvalue weighted by Crippen LogP contribution is -2.28. The van der Waals surface area contributed by atoms with Gasteiger partial charge in [0.15, 0.2) is 0 Å². The van der Waals surface area contributed by atoms with Crippen LogP contribution in [0.2, 0.25) is 0 Å². The molecule has 6 nitrogen and oxygen atoms in total. The fraction of sp³-hybridized carbons (Fsp3) is 0.0667. The van der Waals surface area contributed by atoms with Gasteiger partial charge in [-0.05, 0) is 30.3 Å². The van der Waals surface area contributed by atoms with Crippen molar-refractivity contribution >= 4 is 21.9 Å². The Kier molecular flexibility index (Phi) is 4.53. The molecule has 0 spiro atoms. The van der Waals surface area contributed by atoms with Gasteiger partial charge >= 0.3 is 12.1 Å². The van der Waals surface area contributed by atoms with E-state index in [0.717, 1.165) is 4.47 Å². The first-order valence-corrected chi connectivity index (χ1v) is 7.48. The van der Waals surface area contributed by atoms with Crippen LogP contribution in [-0.2, 0) is 4.79 Å². The highest BCUT2D eigenvalue weighted by Crippen LogP contribution is 2.31. The van der Waals surface area contributed by atoms with Gasteiger partial charge in [-0.1, -0.05) is 22.0 Å². The van der Waals surface area contributed by atoms with E-state index in [-0.39, 0.29) is 17.3 Å². The number of pyridine rings is 1. The topological polar surface area (TPSA) is 78.1 Å². The molecule has 10 heteroatoms. The van der Waals surface area contributed by atoms with Gasteiger partial charge in [0.05, 0.1) is 0 Å². The third kappa shape index (κ3) is 3.85. The van der Waals surface area contributed by atoms with E-state index in [0.29, 0.717) is 5.56 Å². The van der Waals surface area contributed by atoms with Crippen LogP contribution in [-0.4, -0.2) is 27.3 Å². The van der Waals surface area contributed by atoms with Crippen LogP contribution in [0, 0.1) is 0 Å². The molecular formula is C15H7BrF3N3O3. The number of ether oxygens (including phenoxy) is 1. The molecule has 25 heavy (non-hydrogen) atoms. The number of hydrogen-bond donors (Lipinski definition) is 0.